The largest absolute Gasteiger partial charge is 0.483 e. The van der Waals surface area contributed by atoms with Crippen molar-refractivity contribution in [3.8, 4) is 11.1 Å². The molecule has 24 heavy (non-hydrogen) atoms. The number of fused-ring (bicyclic) bond motifs is 1. The molecular weight excluding hydrogens is 328 g/mol. The van der Waals surface area contributed by atoms with Gasteiger partial charge in [-0.2, -0.15) is 0 Å². The molecule has 0 fully saturated rings. The van der Waals surface area contributed by atoms with E-state index in [0.29, 0.717) is 10.7 Å². The van der Waals surface area contributed by atoms with E-state index in [9.17, 15) is 4.79 Å². The second-order valence-corrected chi connectivity index (χ2v) is 5.60. The first kappa shape index (κ1) is 19.8. The van der Waals surface area contributed by atoms with Crippen LogP contribution in [0.2, 0.25) is 5.02 Å². The van der Waals surface area contributed by atoms with Crippen LogP contribution < -0.4 is 11.3 Å². The van der Waals surface area contributed by atoms with Gasteiger partial charge in [-0.3, -0.25) is 9.59 Å². The van der Waals surface area contributed by atoms with Crippen LogP contribution in [0.5, 0.6) is 0 Å². The van der Waals surface area contributed by atoms with Crippen LogP contribution in [0.15, 0.2) is 35.1 Å². The maximum atomic E-state index is 12.2. The van der Waals surface area contributed by atoms with Crippen molar-refractivity contribution in [2.45, 2.75) is 39.7 Å². The van der Waals surface area contributed by atoms with Gasteiger partial charge >= 0.3 is 0 Å². The fourth-order valence-electron chi connectivity index (χ4n) is 2.75. The average Bonchev–Trinajstić information content (AvgIpc) is 2.94. The minimum absolute atomic E-state index is 0.0388. The second-order valence-electron chi connectivity index (χ2n) is 5.17. The van der Waals surface area contributed by atoms with Gasteiger partial charge < -0.3 is 15.4 Å². The van der Waals surface area contributed by atoms with Crippen molar-refractivity contribution in [2.75, 3.05) is 5.73 Å². The minimum Gasteiger partial charge on any atom is -0.483 e. The number of rotatable bonds is 1. The van der Waals surface area contributed by atoms with Crippen LogP contribution in [-0.2, 0) is 11.2 Å². The number of benzene rings is 1. The highest BCUT2D eigenvalue weighted by atomic mass is 35.5. The Morgan fingerprint density at radius 1 is 1.29 bits per heavy atom. The highest BCUT2D eigenvalue weighted by Gasteiger charge is 2.20. The molecule has 1 aliphatic heterocycles. The smallest absolute Gasteiger partial charge is 0.290 e. The first-order valence-corrected chi connectivity index (χ1v) is 8.24. The van der Waals surface area contributed by atoms with Crippen molar-refractivity contribution in [3.05, 3.63) is 51.4 Å². The number of hydrogen-bond acceptors (Lipinski definition) is 3. The Bertz CT molecular complexity index is 756. The maximum Gasteiger partial charge on any atom is 0.290 e. The molecule has 0 unspecified atom stereocenters. The van der Waals surface area contributed by atoms with Gasteiger partial charge in [0, 0.05) is 34.1 Å². The molecule has 0 saturated carbocycles. The monoisotopic (exact) mass is 350 g/mol. The number of nitrogens with zero attached hydrogens (tertiary/aromatic N) is 1. The SMILES string of the molecule is CC.C[C@@H]1CCc2cc(-c3cc(Cl)ccc3N)cc(=O)n21.O=CO. The summed E-state index contributed by atoms with van der Waals surface area (Å²) < 4.78 is 1.87. The van der Waals surface area contributed by atoms with Crippen molar-refractivity contribution in [2.24, 2.45) is 0 Å². The Hall–Kier alpha value is -2.27. The normalized spacial score (nSPS) is 14.6. The molecule has 2 heterocycles. The molecule has 0 aliphatic carbocycles. The molecule has 1 aromatic carbocycles. The predicted molar refractivity (Wildman–Crippen MR) is 98.6 cm³/mol. The summed E-state index contributed by atoms with van der Waals surface area (Å²) >= 11 is 6.01. The standard InChI is InChI=1S/C15H15ClN2O.C2H6.CH2O2/c1-9-2-4-12-6-10(7-15(19)18(9)12)13-8-11(16)3-5-14(13)17;1-2;2-1-3/h3,5-9H,2,4,17H2,1H3;1-2H3;1H,(H,2,3)/t9-;;/m1../s1. The molecule has 1 atom stereocenters. The molecule has 5 nitrogen and oxygen atoms in total. The third-order valence-electron chi connectivity index (χ3n) is 3.73. The van der Waals surface area contributed by atoms with Gasteiger partial charge in [-0.25, -0.2) is 0 Å². The van der Waals surface area contributed by atoms with Crippen LogP contribution in [0.1, 0.15) is 38.9 Å². The second kappa shape index (κ2) is 9.13. The molecule has 0 spiro atoms. The fraction of sp³-hybridized carbons (Fsp3) is 0.333. The zero-order valence-electron chi connectivity index (χ0n) is 14.1. The third kappa shape index (κ3) is 4.38. The molecule has 3 N–H and O–H groups in total. The van der Waals surface area contributed by atoms with Gasteiger partial charge in [0.2, 0.25) is 0 Å². The summed E-state index contributed by atoms with van der Waals surface area (Å²) in [4.78, 5) is 20.6. The van der Waals surface area contributed by atoms with Crippen LogP contribution in [0, 0.1) is 0 Å². The topological polar surface area (TPSA) is 85.3 Å². The van der Waals surface area contributed by atoms with Crippen molar-refractivity contribution < 1.29 is 9.90 Å². The highest BCUT2D eigenvalue weighted by Crippen LogP contribution is 2.31. The lowest BCUT2D eigenvalue weighted by Crippen LogP contribution is -2.20. The number of aryl methyl sites for hydroxylation is 1. The Morgan fingerprint density at radius 2 is 1.92 bits per heavy atom. The van der Waals surface area contributed by atoms with Crippen LogP contribution in [0.4, 0.5) is 5.69 Å². The molecule has 6 heteroatoms. The van der Waals surface area contributed by atoms with E-state index in [0.717, 1.165) is 29.7 Å². The highest BCUT2D eigenvalue weighted by molar-refractivity contribution is 6.31. The van der Waals surface area contributed by atoms with Gasteiger partial charge in [0.15, 0.2) is 0 Å². The van der Waals surface area contributed by atoms with Crippen molar-refractivity contribution >= 4 is 23.8 Å². The molecule has 2 aromatic rings. The Kier molecular flexibility index (Phi) is 7.52. The van der Waals surface area contributed by atoms with E-state index in [-0.39, 0.29) is 18.1 Å². The number of hydrogen-bond donors (Lipinski definition) is 2. The van der Waals surface area contributed by atoms with Gasteiger partial charge in [-0.05, 0) is 49.6 Å². The first-order valence-electron chi connectivity index (χ1n) is 7.86. The van der Waals surface area contributed by atoms with Crippen molar-refractivity contribution in [1.29, 1.82) is 0 Å². The summed E-state index contributed by atoms with van der Waals surface area (Å²) in [6.07, 6.45) is 1.95. The van der Waals surface area contributed by atoms with E-state index >= 15 is 0 Å². The molecule has 0 bridgehead atoms. The lowest BCUT2D eigenvalue weighted by Gasteiger charge is -2.12. The van der Waals surface area contributed by atoms with E-state index in [1.165, 1.54) is 0 Å². The summed E-state index contributed by atoms with van der Waals surface area (Å²) in [5.74, 6) is 0. The summed E-state index contributed by atoms with van der Waals surface area (Å²) in [5.41, 5.74) is 9.41. The average molecular weight is 351 g/mol. The van der Waals surface area contributed by atoms with Gasteiger partial charge in [-0.15, -0.1) is 0 Å². The van der Waals surface area contributed by atoms with E-state index in [2.05, 4.69) is 6.92 Å². The quantitative estimate of drug-likeness (QED) is 0.601. The summed E-state index contributed by atoms with van der Waals surface area (Å²) in [6, 6.07) is 9.31. The van der Waals surface area contributed by atoms with Crippen molar-refractivity contribution in [3.63, 3.8) is 0 Å². The molecule has 0 amide bonds. The molecule has 1 aromatic heterocycles. The van der Waals surface area contributed by atoms with E-state index < -0.39 is 0 Å². The number of pyridine rings is 1. The number of carbonyl (C=O) groups is 1. The Labute approximate surface area is 146 Å². The van der Waals surface area contributed by atoms with Gasteiger partial charge in [0.1, 0.15) is 0 Å². The number of nitrogens with two attached hydrogens (primary N) is 1. The van der Waals surface area contributed by atoms with Crippen LogP contribution >= 0.6 is 11.6 Å². The molecule has 1 aliphatic rings. The van der Waals surface area contributed by atoms with Crippen LogP contribution in [0.3, 0.4) is 0 Å². The van der Waals surface area contributed by atoms with Gasteiger partial charge in [-0.1, -0.05) is 25.4 Å². The summed E-state index contributed by atoms with van der Waals surface area (Å²) in [6.45, 7) is 5.82. The zero-order valence-corrected chi connectivity index (χ0v) is 14.9. The summed E-state index contributed by atoms with van der Waals surface area (Å²) in [5, 5.41) is 7.51. The Morgan fingerprint density at radius 3 is 2.54 bits per heavy atom. The number of carboxylic acid groups (broad SMARTS) is 1. The lowest BCUT2D eigenvalue weighted by atomic mass is 10.0. The van der Waals surface area contributed by atoms with Crippen LogP contribution in [0.25, 0.3) is 11.1 Å². The lowest BCUT2D eigenvalue weighted by molar-refractivity contribution is -0.122. The minimum atomic E-state index is -0.250. The fourth-order valence-corrected chi connectivity index (χ4v) is 2.92. The predicted octanol–water partition coefficient (Wildman–Crippen LogP) is 3.99. The van der Waals surface area contributed by atoms with Crippen molar-refractivity contribution in [1.82, 2.24) is 4.57 Å². The maximum absolute atomic E-state index is 12.2. The number of anilines is 1. The Balaban J connectivity index is 0.000000521. The third-order valence-corrected chi connectivity index (χ3v) is 3.97. The summed E-state index contributed by atoms with van der Waals surface area (Å²) in [7, 11) is 0. The van der Waals surface area contributed by atoms with Gasteiger partial charge in [0.25, 0.3) is 12.0 Å². The van der Waals surface area contributed by atoms with Gasteiger partial charge in [0.05, 0.1) is 0 Å². The van der Waals surface area contributed by atoms with Crippen LogP contribution in [-0.4, -0.2) is 16.1 Å². The zero-order chi connectivity index (χ0) is 18.3. The molecule has 130 valence electrons. The van der Waals surface area contributed by atoms with E-state index in [1.807, 2.05) is 24.5 Å². The molecule has 3 rings (SSSR count). The number of nitrogen functional groups attached to an aromatic ring is 1. The molecule has 0 saturated heterocycles. The van der Waals surface area contributed by atoms with E-state index in [1.54, 1.807) is 24.3 Å². The molecular formula is C18H23ClN2O3. The number of halogens is 1. The first-order chi connectivity index (χ1) is 11.5. The van der Waals surface area contributed by atoms with E-state index in [4.69, 9.17) is 27.2 Å². The number of aromatic nitrogens is 1. The molecule has 0 radical (unpaired) electrons.